The fourth-order valence-electron chi connectivity index (χ4n) is 1.92. The lowest BCUT2D eigenvalue weighted by atomic mass is 10.1. The second-order valence-corrected chi connectivity index (χ2v) is 5.43. The zero-order chi connectivity index (χ0) is 14.4. The molecular weight excluding hydrogens is 275 g/mol. The maximum Gasteiger partial charge on any atom is 0.124 e. The van der Waals surface area contributed by atoms with Gasteiger partial charge in [0.25, 0.3) is 0 Å². The van der Waals surface area contributed by atoms with Crippen molar-refractivity contribution in [2.45, 2.75) is 11.9 Å². The summed E-state index contributed by atoms with van der Waals surface area (Å²) in [5.74, 6) is 1.46. The van der Waals surface area contributed by atoms with Crippen LogP contribution < -0.4 is 4.74 Å². The van der Waals surface area contributed by atoms with Gasteiger partial charge in [0.1, 0.15) is 11.6 Å². The highest BCUT2D eigenvalue weighted by atomic mass is 32.2. The van der Waals surface area contributed by atoms with E-state index in [4.69, 9.17) is 4.74 Å². The van der Waals surface area contributed by atoms with Crippen LogP contribution in [-0.2, 0) is 5.75 Å². The van der Waals surface area contributed by atoms with Gasteiger partial charge in [-0.3, -0.25) is 0 Å². The molecule has 2 aromatic carbocycles. The molecular formula is C16H17FO2S. The first-order valence-electron chi connectivity index (χ1n) is 6.34. The second-order valence-electron chi connectivity index (χ2n) is 4.40. The minimum absolute atomic E-state index is 0.368. The smallest absolute Gasteiger partial charge is 0.124 e. The SMILES string of the molecule is COc1ccc(F)cc1C(O)CSCc1ccccc1. The van der Waals surface area contributed by atoms with E-state index in [9.17, 15) is 9.50 Å². The summed E-state index contributed by atoms with van der Waals surface area (Å²) in [5, 5.41) is 10.2. The number of rotatable bonds is 6. The van der Waals surface area contributed by atoms with Crippen LogP contribution in [0.5, 0.6) is 5.75 Å². The van der Waals surface area contributed by atoms with E-state index in [0.717, 1.165) is 5.75 Å². The molecule has 0 fully saturated rings. The summed E-state index contributed by atoms with van der Waals surface area (Å²) in [6, 6.07) is 14.2. The molecule has 0 aliphatic rings. The molecule has 2 aromatic rings. The van der Waals surface area contributed by atoms with Crippen molar-refractivity contribution in [2.24, 2.45) is 0 Å². The Bertz CT molecular complexity index is 545. The van der Waals surface area contributed by atoms with Crippen molar-refractivity contribution in [1.82, 2.24) is 0 Å². The van der Waals surface area contributed by atoms with E-state index in [1.54, 1.807) is 11.8 Å². The second kappa shape index (κ2) is 7.31. The molecule has 0 radical (unpaired) electrons. The molecule has 0 saturated heterocycles. The van der Waals surface area contributed by atoms with Crippen LogP contribution in [0.1, 0.15) is 17.2 Å². The van der Waals surface area contributed by atoms with E-state index >= 15 is 0 Å². The third kappa shape index (κ3) is 3.99. The lowest BCUT2D eigenvalue weighted by Crippen LogP contribution is -2.04. The predicted octanol–water partition coefficient (Wildman–Crippen LogP) is 3.80. The summed E-state index contributed by atoms with van der Waals surface area (Å²) in [6.07, 6.45) is -0.741. The molecule has 2 nitrogen and oxygen atoms in total. The third-order valence-electron chi connectivity index (χ3n) is 2.94. The van der Waals surface area contributed by atoms with Gasteiger partial charge in [0.15, 0.2) is 0 Å². The van der Waals surface area contributed by atoms with Crippen molar-refractivity contribution < 1.29 is 14.2 Å². The van der Waals surface area contributed by atoms with Crippen molar-refractivity contribution >= 4 is 11.8 Å². The maximum absolute atomic E-state index is 13.3. The number of halogens is 1. The summed E-state index contributed by atoms with van der Waals surface area (Å²) in [7, 11) is 1.51. The molecule has 1 N–H and O–H groups in total. The first kappa shape index (κ1) is 14.9. The molecule has 0 spiro atoms. The Kier molecular flexibility index (Phi) is 5.44. The van der Waals surface area contributed by atoms with Crippen LogP contribution in [0.4, 0.5) is 4.39 Å². The fourth-order valence-corrected chi connectivity index (χ4v) is 2.87. The lowest BCUT2D eigenvalue weighted by Gasteiger charge is -2.14. The van der Waals surface area contributed by atoms with Gasteiger partial charge >= 0.3 is 0 Å². The van der Waals surface area contributed by atoms with E-state index in [1.807, 2.05) is 30.3 Å². The van der Waals surface area contributed by atoms with E-state index in [1.165, 1.54) is 30.9 Å². The molecule has 0 aliphatic carbocycles. The van der Waals surface area contributed by atoms with Gasteiger partial charge in [-0.25, -0.2) is 4.39 Å². The molecule has 20 heavy (non-hydrogen) atoms. The molecule has 0 heterocycles. The number of hydrogen-bond acceptors (Lipinski definition) is 3. The van der Waals surface area contributed by atoms with Crippen molar-refractivity contribution in [3.05, 3.63) is 65.5 Å². The highest BCUT2D eigenvalue weighted by Crippen LogP contribution is 2.29. The summed E-state index contributed by atoms with van der Waals surface area (Å²) in [5.41, 5.74) is 1.70. The summed E-state index contributed by atoms with van der Waals surface area (Å²) >= 11 is 1.61. The topological polar surface area (TPSA) is 29.5 Å². The zero-order valence-electron chi connectivity index (χ0n) is 11.3. The van der Waals surface area contributed by atoms with Gasteiger partial charge in [-0.15, -0.1) is 0 Å². The third-order valence-corrected chi connectivity index (χ3v) is 4.03. The van der Waals surface area contributed by atoms with E-state index < -0.39 is 6.10 Å². The number of ether oxygens (including phenoxy) is 1. The van der Waals surface area contributed by atoms with Crippen LogP contribution in [0.25, 0.3) is 0 Å². The molecule has 1 atom stereocenters. The normalized spacial score (nSPS) is 12.2. The summed E-state index contributed by atoms with van der Waals surface area (Å²) < 4.78 is 18.4. The first-order chi connectivity index (χ1) is 9.70. The van der Waals surface area contributed by atoms with Crippen LogP contribution in [0.2, 0.25) is 0 Å². The van der Waals surface area contributed by atoms with E-state index in [2.05, 4.69) is 0 Å². The molecule has 1 unspecified atom stereocenters. The Labute approximate surface area is 122 Å². The largest absolute Gasteiger partial charge is 0.496 e. The minimum Gasteiger partial charge on any atom is -0.496 e. The van der Waals surface area contributed by atoms with E-state index in [-0.39, 0.29) is 5.82 Å². The van der Waals surface area contributed by atoms with Gasteiger partial charge < -0.3 is 9.84 Å². The average molecular weight is 292 g/mol. The quantitative estimate of drug-likeness (QED) is 0.878. The number of aliphatic hydroxyl groups is 1. The zero-order valence-corrected chi connectivity index (χ0v) is 12.1. The van der Waals surface area contributed by atoms with Crippen molar-refractivity contribution in [3.63, 3.8) is 0 Å². The number of thioether (sulfide) groups is 1. The van der Waals surface area contributed by atoms with Gasteiger partial charge in [0.05, 0.1) is 13.2 Å². The minimum atomic E-state index is -0.741. The maximum atomic E-state index is 13.3. The average Bonchev–Trinajstić information content (AvgIpc) is 2.48. The Morgan fingerprint density at radius 1 is 1.20 bits per heavy atom. The van der Waals surface area contributed by atoms with Gasteiger partial charge in [0, 0.05) is 17.1 Å². The van der Waals surface area contributed by atoms with Crippen LogP contribution >= 0.6 is 11.8 Å². The number of hydrogen-bond donors (Lipinski definition) is 1. The Morgan fingerprint density at radius 3 is 2.65 bits per heavy atom. The number of aliphatic hydroxyl groups excluding tert-OH is 1. The van der Waals surface area contributed by atoms with Crippen molar-refractivity contribution in [2.75, 3.05) is 12.9 Å². The lowest BCUT2D eigenvalue weighted by molar-refractivity contribution is 0.198. The van der Waals surface area contributed by atoms with Crippen LogP contribution in [0, 0.1) is 5.82 Å². The summed E-state index contributed by atoms with van der Waals surface area (Å²) in [6.45, 7) is 0. The standard InChI is InChI=1S/C16H17FO2S/c1-19-16-8-7-13(17)9-14(16)15(18)11-20-10-12-5-3-2-4-6-12/h2-9,15,18H,10-11H2,1H3. The Balaban J connectivity index is 1.95. The monoisotopic (exact) mass is 292 g/mol. The van der Waals surface area contributed by atoms with Gasteiger partial charge in [0.2, 0.25) is 0 Å². The van der Waals surface area contributed by atoms with Crippen molar-refractivity contribution in [1.29, 1.82) is 0 Å². The first-order valence-corrected chi connectivity index (χ1v) is 7.49. The van der Waals surface area contributed by atoms with Crippen LogP contribution in [0.3, 0.4) is 0 Å². The van der Waals surface area contributed by atoms with Gasteiger partial charge in [-0.05, 0) is 23.8 Å². The highest BCUT2D eigenvalue weighted by Gasteiger charge is 2.14. The molecule has 2 rings (SSSR count). The van der Waals surface area contributed by atoms with Gasteiger partial charge in [-0.1, -0.05) is 30.3 Å². The van der Waals surface area contributed by atoms with Crippen molar-refractivity contribution in [3.8, 4) is 5.75 Å². The molecule has 0 saturated carbocycles. The molecule has 0 amide bonds. The molecule has 0 aliphatic heterocycles. The van der Waals surface area contributed by atoms with E-state index in [0.29, 0.717) is 17.1 Å². The molecule has 0 aromatic heterocycles. The molecule has 106 valence electrons. The number of methoxy groups -OCH3 is 1. The highest BCUT2D eigenvalue weighted by molar-refractivity contribution is 7.98. The molecule has 4 heteroatoms. The summed E-state index contributed by atoms with van der Waals surface area (Å²) in [4.78, 5) is 0. The predicted molar refractivity (Wildman–Crippen MR) is 80.5 cm³/mol. The Morgan fingerprint density at radius 2 is 1.95 bits per heavy atom. The fraction of sp³-hybridized carbons (Fsp3) is 0.250. The van der Waals surface area contributed by atoms with Crippen LogP contribution in [0.15, 0.2) is 48.5 Å². The van der Waals surface area contributed by atoms with Gasteiger partial charge in [-0.2, -0.15) is 11.8 Å². The number of benzene rings is 2. The molecule has 0 bridgehead atoms. The Hall–Kier alpha value is -1.52. The van der Waals surface area contributed by atoms with Crippen LogP contribution in [-0.4, -0.2) is 18.0 Å².